The Bertz CT molecular complexity index is 401. The Hall–Kier alpha value is 0.137. The van der Waals surface area contributed by atoms with E-state index in [-0.39, 0.29) is 5.04 Å². The van der Waals surface area contributed by atoms with Crippen LogP contribution < -0.4 is 0 Å². The summed E-state index contributed by atoms with van der Waals surface area (Å²) in [5.41, 5.74) is 0.367. The third-order valence-corrected chi connectivity index (χ3v) is 12.1. The first kappa shape index (κ1) is 19.5. The summed E-state index contributed by atoms with van der Waals surface area (Å²) in [7, 11) is -1.71. The summed E-state index contributed by atoms with van der Waals surface area (Å²) >= 11 is 0. The lowest BCUT2D eigenvalue weighted by molar-refractivity contribution is -0.0919. The number of hydrogen-bond donors (Lipinski definition) is 1. The van der Waals surface area contributed by atoms with Crippen molar-refractivity contribution in [1.82, 2.24) is 0 Å². The average Bonchev–Trinajstić information content (AvgIpc) is 2.44. The van der Waals surface area contributed by atoms with Gasteiger partial charge in [-0.05, 0) is 67.0 Å². The van der Waals surface area contributed by atoms with E-state index in [9.17, 15) is 5.11 Å². The summed E-state index contributed by atoms with van der Waals surface area (Å²) in [6, 6.07) is 0. The van der Waals surface area contributed by atoms with Gasteiger partial charge in [0.15, 0.2) is 8.32 Å². The average molecular weight is 341 g/mol. The van der Waals surface area contributed by atoms with Crippen molar-refractivity contribution in [1.29, 1.82) is 0 Å². The minimum atomic E-state index is -1.71. The van der Waals surface area contributed by atoms with Crippen LogP contribution in [0.2, 0.25) is 18.1 Å². The van der Waals surface area contributed by atoms with Crippen molar-refractivity contribution < 1.29 is 9.53 Å². The zero-order valence-electron chi connectivity index (χ0n) is 16.6. The van der Waals surface area contributed by atoms with Gasteiger partial charge >= 0.3 is 0 Å². The maximum absolute atomic E-state index is 9.73. The number of rotatable bonds is 4. The van der Waals surface area contributed by atoms with Gasteiger partial charge in [-0.3, -0.25) is 0 Å². The van der Waals surface area contributed by atoms with Crippen molar-refractivity contribution in [3.05, 3.63) is 0 Å². The zero-order chi connectivity index (χ0) is 17.5. The standard InChI is InChI=1S/C20H40O2Si/c1-15(14-21)16-10-8-11-17-18(12-9-13-20(16,17)5)22-23(6,7)19(2,3)4/h15-18,21H,8-14H2,1-7H3/t15-,16+,17-,18-,20+/m0/s1. The predicted octanol–water partition coefficient (Wildman–Crippen LogP) is 5.61. The molecule has 5 atom stereocenters. The molecule has 2 nitrogen and oxygen atoms in total. The Morgan fingerprint density at radius 3 is 2.39 bits per heavy atom. The van der Waals surface area contributed by atoms with Gasteiger partial charge in [0, 0.05) is 12.7 Å². The van der Waals surface area contributed by atoms with Crippen LogP contribution in [-0.4, -0.2) is 26.1 Å². The van der Waals surface area contributed by atoms with Gasteiger partial charge in [-0.25, -0.2) is 0 Å². The molecule has 0 amide bonds. The molecule has 2 saturated carbocycles. The molecule has 0 radical (unpaired) electrons. The monoisotopic (exact) mass is 340 g/mol. The van der Waals surface area contributed by atoms with Crippen LogP contribution in [0.5, 0.6) is 0 Å². The summed E-state index contributed by atoms with van der Waals surface area (Å²) in [4.78, 5) is 0. The second-order valence-electron chi connectivity index (χ2n) is 10.1. The fourth-order valence-electron chi connectivity index (χ4n) is 5.12. The van der Waals surface area contributed by atoms with Gasteiger partial charge in [0.1, 0.15) is 0 Å². The minimum absolute atomic E-state index is 0.285. The Balaban J connectivity index is 2.21. The molecule has 0 spiro atoms. The van der Waals surface area contributed by atoms with Crippen LogP contribution in [0.1, 0.15) is 73.1 Å². The lowest BCUT2D eigenvalue weighted by atomic mass is 9.52. The molecular formula is C20H40O2Si. The molecule has 0 aromatic carbocycles. The van der Waals surface area contributed by atoms with Crippen LogP contribution in [0.15, 0.2) is 0 Å². The predicted molar refractivity (Wildman–Crippen MR) is 101 cm³/mol. The van der Waals surface area contributed by atoms with E-state index in [4.69, 9.17) is 4.43 Å². The van der Waals surface area contributed by atoms with E-state index >= 15 is 0 Å². The first-order valence-corrected chi connectivity index (χ1v) is 12.7. The van der Waals surface area contributed by atoms with Crippen LogP contribution in [-0.2, 0) is 4.43 Å². The fourth-order valence-corrected chi connectivity index (χ4v) is 6.51. The topological polar surface area (TPSA) is 29.5 Å². The highest BCUT2D eigenvalue weighted by atomic mass is 28.4. The highest BCUT2D eigenvalue weighted by Crippen LogP contribution is 2.57. The van der Waals surface area contributed by atoms with Crippen LogP contribution >= 0.6 is 0 Å². The first-order chi connectivity index (χ1) is 10.5. The lowest BCUT2D eigenvalue weighted by Gasteiger charge is -2.56. The molecule has 2 fully saturated rings. The molecule has 0 aliphatic heterocycles. The highest BCUT2D eigenvalue weighted by molar-refractivity contribution is 6.74. The van der Waals surface area contributed by atoms with Crippen molar-refractivity contribution in [2.75, 3.05) is 6.61 Å². The molecule has 0 bridgehead atoms. The second kappa shape index (κ2) is 6.80. The largest absolute Gasteiger partial charge is 0.414 e. The normalized spacial score (nSPS) is 37.3. The molecule has 0 heterocycles. The molecule has 2 rings (SSSR count). The van der Waals surface area contributed by atoms with Gasteiger partial charge in [0.25, 0.3) is 0 Å². The van der Waals surface area contributed by atoms with Crippen molar-refractivity contribution in [2.45, 2.75) is 97.4 Å². The molecule has 2 aliphatic rings. The van der Waals surface area contributed by atoms with Crippen molar-refractivity contribution in [2.24, 2.45) is 23.2 Å². The highest BCUT2D eigenvalue weighted by Gasteiger charge is 2.52. The number of aliphatic hydroxyl groups excluding tert-OH is 1. The van der Waals surface area contributed by atoms with Gasteiger partial charge in [-0.1, -0.05) is 47.5 Å². The van der Waals surface area contributed by atoms with E-state index in [0.29, 0.717) is 35.9 Å². The smallest absolute Gasteiger partial charge is 0.192 e. The Kier molecular flexibility index (Phi) is 5.75. The molecular weight excluding hydrogens is 300 g/mol. The molecule has 3 heteroatoms. The molecule has 0 aromatic rings. The zero-order valence-corrected chi connectivity index (χ0v) is 17.6. The van der Waals surface area contributed by atoms with Crippen LogP contribution in [0.3, 0.4) is 0 Å². The minimum Gasteiger partial charge on any atom is -0.414 e. The molecule has 0 saturated heterocycles. The third-order valence-electron chi connectivity index (χ3n) is 7.60. The fraction of sp³-hybridized carbons (Fsp3) is 1.00. The summed E-state index contributed by atoms with van der Waals surface area (Å²) in [5.74, 6) is 1.78. The summed E-state index contributed by atoms with van der Waals surface area (Å²) in [5, 5.41) is 10.0. The molecule has 2 aliphatic carbocycles. The van der Waals surface area contributed by atoms with Gasteiger partial charge in [0.05, 0.1) is 0 Å². The van der Waals surface area contributed by atoms with Gasteiger partial charge < -0.3 is 9.53 Å². The Morgan fingerprint density at radius 1 is 1.17 bits per heavy atom. The van der Waals surface area contributed by atoms with Gasteiger partial charge in [-0.2, -0.15) is 0 Å². The maximum atomic E-state index is 9.73. The van der Waals surface area contributed by atoms with Crippen molar-refractivity contribution in [3.8, 4) is 0 Å². The van der Waals surface area contributed by atoms with Crippen molar-refractivity contribution in [3.63, 3.8) is 0 Å². The quantitative estimate of drug-likeness (QED) is 0.674. The third kappa shape index (κ3) is 3.72. The van der Waals surface area contributed by atoms with Crippen molar-refractivity contribution >= 4 is 8.32 Å². The van der Waals surface area contributed by atoms with E-state index in [2.05, 4.69) is 47.7 Å². The van der Waals surface area contributed by atoms with Gasteiger partial charge in [0.2, 0.25) is 0 Å². The van der Waals surface area contributed by atoms with Crippen LogP contribution in [0.25, 0.3) is 0 Å². The molecule has 136 valence electrons. The summed E-state index contributed by atoms with van der Waals surface area (Å²) in [6.07, 6.45) is 8.24. The molecule has 0 unspecified atom stereocenters. The number of hydrogen-bond acceptors (Lipinski definition) is 2. The van der Waals surface area contributed by atoms with Gasteiger partial charge in [-0.15, -0.1) is 0 Å². The summed E-state index contributed by atoms with van der Waals surface area (Å²) in [6.45, 7) is 16.9. The van der Waals surface area contributed by atoms with E-state index < -0.39 is 8.32 Å². The number of aliphatic hydroxyl groups is 1. The Labute approximate surface area is 145 Å². The summed E-state index contributed by atoms with van der Waals surface area (Å²) < 4.78 is 6.92. The number of fused-ring (bicyclic) bond motifs is 1. The molecule has 0 aromatic heterocycles. The lowest BCUT2D eigenvalue weighted by Crippen LogP contribution is -2.54. The van der Waals surface area contributed by atoms with Crippen LogP contribution in [0, 0.1) is 23.2 Å². The van der Waals surface area contributed by atoms with E-state index in [1.54, 1.807) is 0 Å². The maximum Gasteiger partial charge on any atom is 0.192 e. The van der Waals surface area contributed by atoms with Crippen LogP contribution in [0.4, 0.5) is 0 Å². The second-order valence-corrected chi connectivity index (χ2v) is 14.9. The molecule has 1 N–H and O–H groups in total. The van der Waals surface area contributed by atoms with E-state index in [1.807, 2.05) is 0 Å². The molecule has 23 heavy (non-hydrogen) atoms. The SMILES string of the molecule is C[C@@H](CO)[C@H]1CCC[C@H]2[C@@H](O[Si](C)(C)C(C)(C)C)CCC[C@]12C. The Morgan fingerprint density at radius 2 is 1.83 bits per heavy atom. The first-order valence-electron chi connectivity index (χ1n) is 9.81. The van der Waals surface area contributed by atoms with E-state index in [0.717, 1.165) is 0 Å². The van der Waals surface area contributed by atoms with E-state index in [1.165, 1.54) is 38.5 Å².